The van der Waals surface area contributed by atoms with E-state index in [1.165, 1.54) is 89.9 Å². The summed E-state index contributed by atoms with van der Waals surface area (Å²) in [5.74, 6) is -0.953. The fraction of sp³-hybridized carbons (Fsp3) is 0.776. The Bertz CT molecular complexity index is 980. The molecule has 0 amide bonds. The van der Waals surface area contributed by atoms with E-state index in [4.69, 9.17) is 14.2 Å². The van der Waals surface area contributed by atoms with Gasteiger partial charge in [0.1, 0.15) is 13.2 Å². The Kier molecular flexibility index (Phi) is 42.0. The van der Waals surface area contributed by atoms with Crippen LogP contribution in [0.15, 0.2) is 48.6 Å². The summed E-state index contributed by atoms with van der Waals surface area (Å²) in [6.45, 7) is 6.44. The standard InChI is InChI=1S/C49H86O6/c1-4-7-10-13-16-19-21-23-24-25-26-28-30-33-36-39-42-48(51)54-45-46(44-53-47(50)41-38-35-32-29-18-15-12-9-6-3)55-49(52)43-40-37-34-31-27-22-20-17-14-11-8-5-2/h8,11,17,20,24-25,29,32,46H,4-7,9-10,12-16,18-19,21-23,26-28,30-31,33-45H2,1-3H3/b11-8-,20-17-,25-24-,32-29-. The Morgan fingerprint density at radius 2 is 0.727 bits per heavy atom. The zero-order chi connectivity index (χ0) is 40.1. The van der Waals surface area contributed by atoms with Gasteiger partial charge in [-0.3, -0.25) is 14.4 Å². The maximum atomic E-state index is 12.7. The van der Waals surface area contributed by atoms with Crippen molar-refractivity contribution in [2.45, 2.75) is 232 Å². The molecule has 0 aliphatic carbocycles. The summed E-state index contributed by atoms with van der Waals surface area (Å²) in [6, 6.07) is 0. The fourth-order valence-electron chi connectivity index (χ4n) is 6.30. The lowest BCUT2D eigenvalue weighted by Crippen LogP contribution is -2.30. The van der Waals surface area contributed by atoms with E-state index >= 15 is 0 Å². The molecular weight excluding hydrogens is 685 g/mol. The van der Waals surface area contributed by atoms with Crippen LogP contribution >= 0.6 is 0 Å². The number of carbonyl (C=O) groups excluding carboxylic acids is 3. The van der Waals surface area contributed by atoms with Gasteiger partial charge in [0.25, 0.3) is 0 Å². The first-order valence-electron chi connectivity index (χ1n) is 23.1. The van der Waals surface area contributed by atoms with Crippen LogP contribution < -0.4 is 0 Å². The summed E-state index contributed by atoms with van der Waals surface area (Å²) in [5, 5.41) is 0. The first kappa shape index (κ1) is 52.4. The second-order valence-electron chi connectivity index (χ2n) is 15.3. The topological polar surface area (TPSA) is 78.9 Å². The zero-order valence-corrected chi connectivity index (χ0v) is 36.2. The normalized spacial score (nSPS) is 12.4. The average Bonchev–Trinajstić information content (AvgIpc) is 3.18. The van der Waals surface area contributed by atoms with E-state index in [0.29, 0.717) is 25.7 Å². The lowest BCUT2D eigenvalue weighted by molar-refractivity contribution is -0.167. The highest BCUT2D eigenvalue weighted by Crippen LogP contribution is 2.13. The summed E-state index contributed by atoms with van der Waals surface area (Å²) in [4.78, 5) is 37.7. The van der Waals surface area contributed by atoms with Crippen LogP contribution in [0.4, 0.5) is 0 Å². The molecule has 0 heterocycles. The van der Waals surface area contributed by atoms with E-state index in [-0.39, 0.29) is 31.1 Å². The number of ether oxygens (including phenoxy) is 3. The van der Waals surface area contributed by atoms with E-state index in [1.54, 1.807) is 0 Å². The van der Waals surface area contributed by atoms with Crippen LogP contribution in [0, 0.1) is 0 Å². The highest BCUT2D eigenvalue weighted by molar-refractivity contribution is 5.71. The summed E-state index contributed by atoms with van der Waals surface area (Å²) < 4.78 is 16.6. The van der Waals surface area contributed by atoms with Gasteiger partial charge in [-0.2, -0.15) is 0 Å². The predicted molar refractivity (Wildman–Crippen MR) is 233 cm³/mol. The van der Waals surface area contributed by atoms with Gasteiger partial charge in [-0.1, -0.05) is 166 Å². The Labute approximate surface area is 339 Å². The number of rotatable bonds is 41. The maximum absolute atomic E-state index is 12.7. The molecule has 55 heavy (non-hydrogen) atoms. The van der Waals surface area contributed by atoms with Crippen molar-refractivity contribution in [2.24, 2.45) is 0 Å². The molecule has 0 N–H and O–H groups in total. The molecule has 0 aliphatic heterocycles. The molecule has 0 saturated carbocycles. The number of hydrogen-bond acceptors (Lipinski definition) is 6. The minimum absolute atomic E-state index is 0.0917. The van der Waals surface area contributed by atoms with Crippen LogP contribution in [0.25, 0.3) is 0 Å². The van der Waals surface area contributed by atoms with Crippen LogP contribution in [0.1, 0.15) is 226 Å². The maximum Gasteiger partial charge on any atom is 0.306 e. The third-order valence-corrected chi connectivity index (χ3v) is 9.79. The minimum Gasteiger partial charge on any atom is -0.462 e. The molecule has 1 atom stereocenters. The largest absolute Gasteiger partial charge is 0.462 e. The molecule has 0 radical (unpaired) electrons. The van der Waals surface area contributed by atoms with Crippen LogP contribution in [0.2, 0.25) is 0 Å². The molecule has 0 spiro atoms. The Morgan fingerprint density at radius 3 is 1.20 bits per heavy atom. The molecule has 6 heteroatoms. The van der Waals surface area contributed by atoms with Gasteiger partial charge < -0.3 is 14.2 Å². The first-order chi connectivity index (χ1) is 27.0. The SMILES string of the molecule is CC/C=C\C/C=C\CCCCCCCC(=O)OC(COC(=O)CCC/C=C\CCCCCC)COC(=O)CCCCCCC/C=C\CCCCCCCCC. The van der Waals surface area contributed by atoms with Crippen LogP contribution in [-0.4, -0.2) is 37.2 Å². The van der Waals surface area contributed by atoms with Gasteiger partial charge in [-0.25, -0.2) is 0 Å². The van der Waals surface area contributed by atoms with E-state index in [1.807, 2.05) is 0 Å². The van der Waals surface area contributed by atoms with Gasteiger partial charge in [0.2, 0.25) is 0 Å². The predicted octanol–water partition coefficient (Wildman–Crippen LogP) is 14.8. The number of esters is 3. The number of unbranched alkanes of at least 4 members (excludes halogenated alkanes) is 22. The molecule has 0 aromatic rings. The Hall–Kier alpha value is -2.63. The zero-order valence-electron chi connectivity index (χ0n) is 36.2. The first-order valence-corrected chi connectivity index (χ1v) is 23.1. The number of hydrogen-bond donors (Lipinski definition) is 0. The molecule has 318 valence electrons. The molecule has 0 saturated heterocycles. The molecule has 0 aromatic carbocycles. The van der Waals surface area contributed by atoms with Crippen LogP contribution in [-0.2, 0) is 28.6 Å². The van der Waals surface area contributed by atoms with Crippen molar-refractivity contribution in [1.29, 1.82) is 0 Å². The van der Waals surface area contributed by atoms with E-state index < -0.39 is 6.10 Å². The molecule has 0 fully saturated rings. The van der Waals surface area contributed by atoms with Crippen LogP contribution in [0.3, 0.4) is 0 Å². The lowest BCUT2D eigenvalue weighted by atomic mass is 10.1. The third kappa shape index (κ3) is 42.4. The van der Waals surface area contributed by atoms with E-state index in [0.717, 1.165) is 89.9 Å². The van der Waals surface area contributed by atoms with Crippen molar-refractivity contribution in [3.63, 3.8) is 0 Å². The molecule has 0 aliphatic rings. The summed E-state index contributed by atoms with van der Waals surface area (Å²) in [6.07, 6.45) is 51.1. The van der Waals surface area contributed by atoms with Crippen molar-refractivity contribution in [1.82, 2.24) is 0 Å². The smallest absolute Gasteiger partial charge is 0.306 e. The monoisotopic (exact) mass is 771 g/mol. The minimum atomic E-state index is -0.791. The molecular formula is C49H86O6. The van der Waals surface area contributed by atoms with Gasteiger partial charge in [0.05, 0.1) is 0 Å². The summed E-state index contributed by atoms with van der Waals surface area (Å²) >= 11 is 0. The molecule has 1 unspecified atom stereocenters. The summed E-state index contributed by atoms with van der Waals surface area (Å²) in [7, 11) is 0. The van der Waals surface area contributed by atoms with Crippen molar-refractivity contribution >= 4 is 17.9 Å². The number of allylic oxidation sites excluding steroid dienone is 8. The highest BCUT2D eigenvalue weighted by atomic mass is 16.6. The van der Waals surface area contributed by atoms with Crippen molar-refractivity contribution < 1.29 is 28.6 Å². The number of carbonyl (C=O) groups is 3. The van der Waals surface area contributed by atoms with Gasteiger partial charge in [-0.05, 0) is 89.9 Å². The second kappa shape index (κ2) is 44.1. The van der Waals surface area contributed by atoms with Gasteiger partial charge in [-0.15, -0.1) is 0 Å². The van der Waals surface area contributed by atoms with Crippen molar-refractivity contribution in [3.05, 3.63) is 48.6 Å². The van der Waals surface area contributed by atoms with Crippen molar-refractivity contribution in [3.8, 4) is 0 Å². The highest BCUT2D eigenvalue weighted by Gasteiger charge is 2.19. The molecule has 0 rings (SSSR count). The Morgan fingerprint density at radius 1 is 0.382 bits per heavy atom. The molecule has 0 bridgehead atoms. The third-order valence-electron chi connectivity index (χ3n) is 9.79. The average molecular weight is 771 g/mol. The van der Waals surface area contributed by atoms with Crippen molar-refractivity contribution in [2.75, 3.05) is 13.2 Å². The van der Waals surface area contributed by atoms with E-state index in [2.05, 4.69) is 69.4 Å². The van der Waals surface area contributed by atoms with Gasteiger partial charge in [0.15, 0.2) is 6.10 Å². The van der Waals surface area contributed by atoms with Gasteiger partial charge in [0, 0.05) is 19.3 Å². The van der Waals surface area contributed by atoms with Crippen LogP contribution in [0.5, 0.6) is 0 Å². The second-order valence-corrected chi connectivity index (χ2v) is 15.3. The fourth-order valence-corrected chi connectivity index (χ4v) is 6.30. The van der Waals surface area contributed by atoms with Gasteiger partial charge >= 0.3 is 17.9 Å². The Balaban J connectivity index is 4.38. The lowest BCUT2D eigenvalue weighted by Gasteiger charge is -2.18. The quantitative estimate of drug-likeness (QED) is 0.0267. The molecule has 0 aromatic heterocycles. The van der Waals surface area contributed by atoms with E-state index in [9.17, 15) is 14.4 Å². The summed E-state index contributed by atoms with van der Waals surface area (Å²) in [5.41, 5.74) is 0. The molecule has 6 nitrogen and oxygen atoms in total.